The highest BCUT2D eigenvalue weighted by molar-refractivity contribution is 5.85. The van der Waals surface area contributed by atoms with Gasteiger partial charge < -0.3 is 15.6 Å². The number of fused-ring (bicyclic) bond motifs is 1. The van der Waals surface area contributed by atoms with Crippen molar-refractivity contribution >= 4 is 29.5 Å². The van der Waals surface area contributed by atoms with Crippen molar-refractivity contribution < 1.29 is 0 Å². The van der Waals surface area contributed by atoms with E-state index in [2.05, 4.69) is 25.6 Å². The molecule has 3 N–H and O–H groups in total. The van der Waals surface area contributed by atoms with Crippen LogP contribution >= 0.6 is 12.4 Å². The number of nitrogens with one attached hydrogen (secondary N) is 3. The highest BCUT2D eigenvalue weighted by atomic mass is 35.5. The van der Waals surface area contributed by atoms with E-state index in [0.717, 1.165) is 30.2 Å². The molecular weight excluding hydrogens is 238 g/mol. The van der Waals surface area contributed by atoms with Crippen LogP contribution in [0.25, 0.3) is 11.2 Å². The molecule has 1 aliphatic heterocycles. The van der Waals surface area contributed by atoms with Gasteiger partial charge in [-0.15, -0.1) is 12.4 Å². The van der Waals surface area contributed by atoms with Crippen molar-refractivity contribution in [2.45, 2.75) is 18.9 Å². The first-order valence-electron chi connectivity index (χ1n) is 5.70. The first-order chi connectivity index (χ1) is 7.92. The first-order valence-corrected chi connectivity index (χ1v) is 5.70. The molecule has 0 amide bonds. The van der Waals surface area contributed by atoms with Gasteiger partial charge in [-0.05, 0) is 31.5 Å². The predicted molar refractivity (Wildman–Crippen MR) is 70.7 cm³/mol. The minimum Gasteiger partial charge on any atom is -0.354 e. The first kappa shape index (κ1) is 12.1. The predicted octanol–water partition coefficient (Wildman–Crippen LogP) is 1.54. The Morgan fingerprint density at radius 3 is 3.18 bits per heavy atom. The Morgan fingerprint density at radius 2 is 2.41 bits per heavy atom. The third-order valence-corrected chi connectivity index (χ3v) is 2.94. The second-order valence-corrected chi connectivity index (χ2v) is 4.13. The molecule has 0 aliphatic carbocycles. The van der Waals surface area contributed by atoms with E-state index in [1.165, 1.54) is 12.8 Å². The minimum absolute atomic E-state index is 0. The number of hydrogen-bond acceptors (Lipinski definition) is 4. The molecule has 3 rings (SSSR count). The summed E-state index contributed by atoms with van der Waals surface area (Å²) in [6, 6.07) is 4.46. The lowest BCUT2D eigenvalue weighted by molar-refractivity contribution is 0.632. The summed E-state index contributed by atoms with van der Waals surface area (Å²) in [5.41, 5.74) is 1.74. The van der Waals surface area contributed by atoms with Crippen LogP contribution in [0.3, 0.4) is 0 Å². The van der Waals surface area contributed by atoms with E-state index < -0.39 is 0 Å². The number of imidazole rings is 1. The molecule has 0 spiro atoms. The Kier molecular flexibility index (Phi) is 3.81. The highest BCUT2D eigenvalue weighted by Crippen LogP contribution is 2.11. The summed E-state index contributed by atoms with van der Waals surface area (Å²) in [5.74, 6) is 0.808. The summed E-state index contributed by atoms with van der Waals surface area (Å²) in [6.45, 7) is 2.05. The van der Waals surface area contributed by atoms with E-state index in [4.69, 9.17) is 0 Å². The van der Waals surface area contributed by atoms with Crippen molar-refractivity contribution in [2.24, 2.45) is 0 Å². The Morgan fingerprint density at radius 1 is 1.47 bits per heavy atom. The molecule has 5 nitrogen and oxygen atoms in total. The van der Waals surface area contributed by atoms with E-state index in [0.29, 0.717) is 6.04 Å². The van der Waals surface area contributed by atoms with Crippen LogP contribution in [0.2, 0.25) is 0 Å². The smallest absolute Gasteiger partial charge is 0.202 e. The maximum atomic E-state index is 4.37. The van der Waals surface area contributed by atoms with Crippen LogP contribution in [0.1, 0.15) is 12.8 Å². The molecule has 0 bridgehead atoms. The fourth-order valence-corrected chi connectivity index (χ4v) is 2.08. The van der Waals surface area contributed by atoms with Gasteiger partial charge in [0.1, 0.15) is 0 Å². The Bertz CT molecular complexity index is 444. The number of aromatic nitrogens is 3. The number of H-pyrrole nitrogens is 1. The average molecular weight is 254 g/mol. The standard InChI is InChI=1S/C11H15N5.ClH/c1-3-8(12-5-1)7-14-11-15-9-4-2-6-13-10(9)16-11;/h2,4,6,8,12H,1,3,5,7H2,(H2,13,14,15,16);1H. The number of pyridine rings is 1. The summed E-state index contributed by atoms with van der Waals surface area (Å²) in [6.07, 6.45) is 4.27. The molecule has 1 unspecified atom stereocenters. The molecular formula is C11H16ClN5. The van der Waals surface area contributed by atoms with Crippen molar-refractivity contribution in [1.82, 2.24) is 20.3 Å². The summed E-state index contributed by atoms with van der Waals surface area (Å²) in [5, 5.41) is 6.75. The number of rotatable bonds is 3. The van der Waals surface area contributed by atoms with E-state index >= 15 is 0 Å². The minimum atomic E-state index is 0. The van der Waals surface area contributed by atoms with Crippen LogP contribution in [-0.2, 0) is 0 Å². The van der Waals surface area contributed by atoms with Crippen LogP contribution in [0.4, 0.5) is 5.95 Å². The molecule has 1 aliphatic rings. The van der Waals surface area contributed by atoms with Crippen LogP contribution in [-0.4, -0.2) is 34.1 Å². The molecule has 2 aromatic heterocycles. The molecule has 6 heteroatoms. The summed E-state index contributed by atoms with van der Waals surface area (Å²) in [7, 11) is 0. The maximum Gasteiger partial charge on any atom is 0.202 e. The van der Waals surface area contributed by atoms with E-state index in [1.54, 1.807) is 6.20 Å². The van der Waals surface area contributed by atoms with E-state index in [9.17, 15) is 0 Å². The third kappa shape index (κ3) is 2.68. The molecule has 1 saturated heterocycles. The quantitative estimate of drug-likeness (QED) is 0.777. The molecule has 2 aromatic rings. The van der Waals surface area contributed by atoms with Crippen molar-refractivity contribution in [3.63, 3.8) is 0 Å². The molecule has 0 saturated carbocycles. The van der Waals surface area contributed by atoms with Gasteiger partial charge in [-0.1, -0.05) is 0 Å². The number of nitrogens with zero attached hydrogens (tertiary/aromatic N) is 2. The SMILES string of the molecule is Cl.c1cnc2nc(NCC3CCCN3)[nH]c2c1. The topological polar surface area (TPSA) is 65.6 Å². The van der Waals surface area contributed by atoms with Gasteiger partial charge in [-0.3, -0.25) is 0 Å². The average Bonchev–Trinajstić information content (AvgIpc) is 2.95. The van der Waals surface area contributed by atoms with Crippen molar-refractivity contribution in [3.8, 4) is 0 Å². The highest BCUT2D eigenvalue weighted by Gasteiger charge is 2.13. The van der Waals surface area contributed by atoms with Crippen LogP contribution < -0.4 is 10.6 Å². The van der Waals surface area contributed by atoms with Gasteiger partial charge in [0.05, 0.1) is 5.52 Å². The van der Waals surface area contributed by atoms with Crippen LogP contribution in [0, 0.1) is 0 Å². The second kappa shape index (κ2) is 5.33. The van der Waals surface area contributed by atoms with Crippen molar-refractivity contribution in [3.05, 3.63) is 18.3 Å². The largest absolute Gasteiger partial charge is 0.354 e. The summed E-state index contributed by atoms with van der Waals surface area (Å²) < 4.78 is 0. The van der Waals surface area contributed by atoms with Gasteiger partial charge in [0.25, 0.3) is 0 Å². The molecule has 1 fully saturated rings. The van der Waals surface area contributed by atoms with Gasteiger partial charge in [-0.2, -0.15) is 4.98 Å². The maximum absolute atomic E-state index is 4.37. The lowest BCUT2D eigenvalue weighted by Crippen LogP contribution is -2.29. The van der Waals surface area contributed by atoms with E-state index in [-0.39, 0.29) is 12.4 Å². The van der Waals surface area contributed by atoms with Gasteiger partial charge >= 0.3 is 0 Å². The van der Waals surface area contributed by atoms with Crippen molar-refractivity contribution in [2.75, 3.05) is 18.4 Å². The van der Waals surface area contributed by atoms with Crippen LogP contribution in [0.5, 0.6) is 0 Å². The molecule has 0 aromatic carbocycles. The van der Waals surface area contributed by atoms with Gasteiger partial charge in [0.2, 0.25) is 5.95 Å². The monoisotopic (exact) mass is 253 g/mol. The Hall–Kier alpha value is -1.33. The lowest BCUT2D eigenvalue weighted by atomic mass is 10.2. The number of hydrogen-bond donors (Lipinski definition) is 3. The lowest BCUT2D eigenvalue weighted by Gasteiger charge is -2.09. The normalized spacial score (nSPS) is 19.2. The number of halogens is 1. The second-order valence-electron chi connectivity index (χ2n) is 4.13. The molecule has 3 heterocycles. The zero-order chi connectivity index (χ0) is 10.8. The number of anilines is 1. The van der Waals surface area contributed by atoms with Gasteiger partial charge in [0, 0.05) is 18.8 Å². The fraction of sp³-hybridized carbons (Fsp3) is 0.455. The van der Waals surface area contributed by atoms with Gasteiger partial charge in [-0.25, -0.2) is 4.98 Å². The third-order valence-electron chi connectivity index (χ3n) is 2.94. The molecule has 17 heavy (non-hydrogen) atoms. The van der Waals surface area contributed by atoms with Crippen LogP contribution in [0.15, 0.2) is 18.3 Å². The van der Waals surface area contributed by atoms with Gasteiger partial charge in [0.15, 0.2) is 5.65 Å². The summed E-state index contributed by atoms with van der Waals surface area (Å²) >= 11 is 0. The Balaban J connectivity index is 0.00000108. The number of aromatic amines is 1. The fourth-order valence-electron chi connectivity index (χ4n) is 2.08. The summed E-state index contributed by atoms with van der Waals surface area (Å²) in [4.78, 5) is 11.8. The molecule has 92 valence electrons. The zero-order valence-corrected chi connectivity index (χ0v) is 10.3. The van der Waals surface area contributed by atoms with E-state index in [1.807, 2.05) is 12.1 Å². The zero-order valence-electron chi connectivity index (χ0n) is 9.44. The molecule has 1 atom stereocenters. The molecule has 0 radical (unpaired) electrons. The Labute approximate surface area is 106 Å². The van der Waals surface area contributed by atoms with Crippen molar-refractivity contribution in [1.29, 1.82) is 0 Å².